The molecule has 0 saturated heterocycles. The Morgan fingerprint density at radius 1 is 1.36 bits per heavy atom. The molecular formula is C19H25N3O3. The van der Waals surface area contributed by atoms with E-state index in [0.29, 0.717) is 18.5 Å². The van der Waals surface area contributed by atoms with Crippen LogP contribution in [0.4, 0.5) is 10.5 Å². The van der Waals surface area contributed by atoms with Gasteiger partial charge in [-0.1, -0.05) is 6.07 Å². The highest BCUT2D eigenvalue weighted by Gasteiger charge is 2.32. The molecule has 0 aliphatic heterocycles. The second-order valence-electron chi connectivity index (χ2n) is 6.53. The zero-order valence-electron chi connectivity index (χ0n) is 14.8. The lowest BCUT2D eigenvalue weighted by Gasteiger charge is -2.22. The van der Waals surface area contributed by atoms with Crippen molar-refractivity contribution >= 4 is 11.7 Å². The fraction of sp³-hybridized carbons (Fsp3) is 0.474. The van der Waals surface area contributed by atoms with E-state index in [0.717, 1.165) is 48.4 Å². The first kappa shape index (κ1) is 17.5. The third kappa shape index (κ3) is 4.39. The summed E-state index contributed by atoms with van der Waals surface area (Å²) in [4.78, 5) is 18.9. The first-order valence-corrected chi connectivity index (χ1v) is 8.81. The van der Waals surface area contributed by atoms with E-state index < -0.39 is 0 Å². The molecule has 1 aliphatic rings. The number of aliphatic hydroxyl groups is 1. The molecule has 0 unspecified atom stereocenters. The normalized spacial score (nSPS) is 13.7. The summed E-state index contributed by atoms with van der Waals surface area (Å²) < 4.78 is 5.66. The largest absolute Gasteiger partial charge is 0.441 e. The highest BCUT2D eigenvalue weighted by molar-refractivity contribution is 5.90. The van der Waals surface area contributed by atoms with Gasteiger partial charge < -0.3 is 19.7 Å². The van der Waals surface area contributed by atoms with Crippen molar-refractivity contribution in [3.63, 3.8) is 0 Å². The number of urea groups is 1. The van der Waals surface area contributed by atoms with Crippen LogP contribution in [-0.4, -0.2) is 40.2 Å². The number of hydrogen-bond acceptors (Lipinski definition) is 4. The zero-order chi connectivity index (χ0) is 17.8. The number of carbonyl (C=O) groups excluding carboxylic acids is 1. The lowest BCUT2D eigenvalue weighted by molar-refractivity contribution is 0.204. The summed E-state index contributed by atoms with van der Waals surface area (Å²) in [5, 5.41) is 11.9. The Morgan fingerprint density at radius 2 is 2.16 bits per heavy atom. The molecule has 0 radical (unpaired) electrons. The molecule has 25 heavy (non-hydrogen) atoms. The second-order valence-corrected chi connectivity index (χ2v) is 6.53. The van der Waals surface area contributed by atoms with Crippen LogP contribution in [0.2, 0.25) is 0 Å². The van der Waals surface area contributed by atoms with Crippen molar-refractivity contribution in [3.05, 3.63) is 35.7 Å². The molecule has 1 aromatic heterocycles. The standard InChI is InChI=1S/C19H25N3O3/c1-13-14(2)25-18(20-13)15-6-5-7-16(12-15)21-19(24)22(17-8-9-17)10-3-4-11-23/h5-7,12,17,23H,3-4,8-11H2,1-2H3,(H,21,24). The molecule has 6 heteroatoms. The van der Waals surface area contributed by atoms with Crippen molar-refractivity contribution in [2.45, 2.75) is 45.6 Å². The van der Waals surface area contributed by atoms with E-state index in [9.17, 15) is 4.79 Å². The van der Waals surface area contributed by atoms with E-state index in [2.05, 4.69) is 10.3 Å². The van der Waals surface area contributed by atoms with Crippen LogP contribution in [0, 0.1) is 13.8 Å². The van der Waals surface area contributed by atoms with Crippen LogP contribution in [0.5, 0.6) is 0 Å². The molecule has 134 valence electrons. The van der Waals surface area contributed by atoms with Crippen LogP contribution in [0.1, 0.15) is 37.1 Å². The molecule has 2 aromatic rings. The molecule has 0 spiro atoms. The number of oxazole rings is 1. The SMILES string of the molecule is Cc1nc(-c2cccc(NC(=O)N(CCCCO)C3CC3)c2)oc1C. The number of hydrogen-bond donors (Lipinski definition) is 2. The molecular weight excluding hydrogens is 318 g/mol. The van der Waals surface area contributed by atoms with Crippen molar-refractivity contribution in [2.24, 2.45) is 0 Å². The summed E-state index contributed by atoms with van der Waals surface area (Å²) in [5.74, 6) is 1.36. The minimum absolute atomic E-state index is 0.0858. The van der Waals surface area contributed by atoms with Gasteiger partial charge >= 0.3 is 6.03 Å². The molecule has 6 nitrogen and oxygen atoms in total. The van der Waals surface area contributed by atoms with E-state index in [1.54, 1.807) is 0 Å². The Bertz CT molecular complexity index is 718. The summed E-state index contributed by atoms with van der Waals surface area (Å²) in [5.41, 5.74) is 2.43. The first-order valence-electron chi connectivity index (χ1n) is 8.81. The number of nitrogens with zero attached hydrogens (tertiary/aromatic N) is 2. The molecule has 0 atom stereocenters. The number of aliphatic hydroxyl groups excluding tert-OH is 1. The fourth-order valence-corrected chi connectivity index (χ4v) is 2.75. The third-order valence-corrected chi connectivity index (χ3v) is 4.44. The minimum Gasteiger partial charge on any atom is -0.441 e. The van der Waals surface area contributed by atoms with Crippen LogP contribution >= 0.6 is 0 Å². The van der Waals surface area contributed by atoms with Gasteiger partial charge in [0, 0.05) is 30.4 Å². The Morgan fingerprint density at radius 3 is 2.80 bits per heavy atom. The number of carbonyl (C=O) groups is 1. The van der Waals surface area contributed by atoms with Crippen LogP contribution in [0.3, 0.4) is 0 Å². The average molecular weight is 343 g/mol. The molecule has 1 aliphatic carbocycles. The number of unbranched alkanes of at least 4 members (excludes halogenated alkanes) is 1. The Labute approximate surface area is 147 Å². The molecule has 0 bridgehead atoms. The van der Waals surface area contributed by atoms with E-state index >= 15 is 0 Å². The number of aromatic nitrogens is 1. The molecule has 3 rings (SSSR count). The molecule has 1 aromatic carbocycles. The fourth-order valence-electron chi connectivity index (χ4n) is 2.75. The Hall–Kier alpha value is -2.34. The monoisotopic (exact) mass is 343 g/mol. The van der Waals surface area contributed by atoms with Crippen molar-refractivity contribution < 1.29 is 14.3 Å². The van der Waals surface area contributed by atoms with Gasteiger partial charge in [0.25, 0.3) is 0 Å². The second kappa shape index (κ2) is 7.70. The summed E-state index contributed by atoms with van der Waals surface area (Å²) in [7, 11) is 0. The topological polar surface area (TPSA) is 78.6 Å². The van der Waals surface area contributed by atoms with Gasteiger partial charge in [0.05, 0.1) is 5.69 Å². The molecule has 2 amide bonds. The van der Waals surface area contributed by atoms with Crippen LogP contribution < -0.4 is 5.32 Å². The van der Waals surface area contributed by atoms with E-state index in [4.69, 9.17) is 9.52 Å². The van der Waals surface area contributed by atoms with Crippen LogP contribution in [0.15, 0.2) is 28.7 Å². The lowest BCUT2D eigenvalue weighted by Crippen LogP contribution is -2.37. The predicted molar refractivity (Wildman–Crippen MR) is 96.5 cm³/mol. The number of amides is 2. The predicted octanol–water partition coefficient (Wildman–Crippen LogP) is 3.73. The van der Waals surface area contributed by atoms with Gasteiger partial charge in [-0.25, -0.2) is 9.78 Å². The molecule has 2 N–H and O–H groups in total. The van der Waals surface area contributed by atoms with Gasteiger partial charge in [-0.15, -0.1) is 0 Å². The van der Waals surface area contributed by atoms with Gasteiger partial charge in [-0.2, -0.15) is 0 Å². The van der Waals surface area contributed by atoms with E-state index in [-0.39, 0.29) is 12.6 Å². The zero-order valence-corrected chi connectivity index (χ0v) is 14.8. The van der Waals surface area contributed by atoms with Gasteiger partial charge in [0.1, 0.15) is 5.76 Å². The Kier molecular flexibility index (Phi) is 5.38. The quantitative estimate of drug-likeness (QED) is 0.751. The highest BCUT2D eigenvalue weighted by Crippen LogP contribution is 2.28. The summed E-state index contributed by atoms with van der Waals surface area (Å²) in [6.45, 7) is 4.64. The number of nitrogens with one attached hydrogen (secondary N) is 1. The van der Waals surface area contributed by atoms with E-state index in [1.165, 1.54) is 0 Å². The van der Waals surface area contributed by atoms with Crippen molar-refractivity contribution in [2.75, 3.05) is 18.5 Å². The first-order chi connectivity index (χ1) is 12.1. The highest BCUT2D eigenvalue weighted by atomic mass is 16.4. The van der Waals surface area contributed by atoms with Gasteiger partial charge in [-0.05, 0) is 57.7 Å². The molecule has 1 saturated carbocycles. The molecule has 1 fully saturated rings. The summed E-state index contributed by atoms with van der Waals surface area (Å²) in [6.07, 6.45) is 3.65. The lowest BCUT2D eigenvalue weighted by atomic mass is 10.2. The van der Waals surface area contributed by atoms with Gasteiger partial charge in [-0.3, -0.25) is 0 Å². The summed E-state index contributed by atoms with van der Waals surface area (Å²) >= 11 is 0. The third-order valence-electron chi connectivity index (χ3n) is 4.44. The number of aryl methyl sites for hydroxylation is 2. The number of benzene rings is 1. The van der Waals surface area contributed by atoms with Crippen molar-refractivity contribution in [1.29, 1.82) is 0 Å². The van der Waals surface area contributed by atoms with Gasteiger partial charge in [0.15, 0.2) is 0 Å². The van der Waals surface area contributed by atoms with Gasteiger partial charge in [0.2, 0.25) is 5.89 Å². The number of rotatable bonds is 7. The van der Waals surface area contributed by atoms with E-state index in [1.807, 2.05) is 43.0 Å². The van der Waals surface area contributed by atoms with Crippen molar-refractivity contribution in [3.8, 4) is 11.5 Å². The van der Waals surface area contributed by atoms with Crippen LogP contribution in [0.25, 0.3) is 11.5 Å². The summed E-state index contributed by atoms with van der Waals surface area (Å²) in [6, 6.07) is 7.79. The maximum absolute atomic E-state index is 12.6. The van der Waals surface area contributed by atoms with Crippen LogP contribution in [-0.2, 0) is 0 Å². The smallest absolute Gasteiger partial charge is 0.322 e. The maximum atomic E-state index is 12.6. The van der Waals surface area contributed by atoms with Crippen molar-refractivity contribution in [1.82, 2.24) is 9.88 Å². The Balaban J connectivity index is 1.69. The minimum atomic E-state index is -0.0858. The maximum Gasteiger partial charge on any atom is 0.322 e. The molecule has 1 heterocycles. The average Bonchev–Trinajstić information content (AvgIpc) is 3.37. The number of anilines is 1.